The molecule has 0 bridgehead atoms. The molecule has 0 saturated carbocycles. The van der Waals surface area contributed by atoms with Crippen LogP contribution in [-0.4, -0.2) is 89.7 Å². The maximum Gasteiger partial charge on any atom is 0.192 e. The van der Waals surface area contributed by atoms with Gasteiger partial charge in [-0.05, 0) is 31.0 Å². The van der Waals surface area contributed by atoms with Crippen molar-refractivity contribution >= 4 is 8.32 Å². The Bertz CT molecular complexity index is 266. The molecule has 0 saturated heterocycles. The summed E-state index contributed by atoms with van der Waals surface area (Å²) in [6, 6.07) is 0. The topological polar surface area (TPSA) is 97.6 Å². The van der Waals surface area contributed by atoms with Crippen LogP contribution in [0.25, 0.3) is 0 Å². The van der Waals surface area contributed by atoms with E-state index in [0.29, 0.717) is 24.9 Å². The van der Waals surface area contributed by atoms with E-state index in [1.165, 1.54) is 0 Å². The molecule has 0 atom stereocenters. The van der Waals surface area contributed by atoms with Crippen molar-refractivity contribution in [1.29, 1.82) is 0 Å². The van der Waals surface area contributed by atoms with Crippen LogP contribution in [-0.2, 0) is 18.6 Å². The maximum atomic E-state index is 8.17. The average molecular weight is 429 g/mol. The first-order chi connectivity index (χ1) is 13.1. The SMILES string of the molecule is CCCOCCO.CCCOCCO[Si](C)(C)C(C)(C)C.OCCOCCO. The summed E-state index contributed by atoms with van der Waals surface area (Å²) in [6.07, 6.45) is 2.11. The first kappa shape index (κ1) is 32.6. The Kier molecular flexibility index (Phi) is 27.0. The first-order valence-corrected chi connectivity index (χ1v) is 13.2. The quantitative estimate of drug-likeness (QED) is 0.289. The normalized spacial score (nSPS) is 11.4. The van der Waals surface area contributed by atoms with E-state index < -0.39 is 8.32 Å². The van der Waals surface area contributed by atoms with Gasteiger partial charge in [-0.15, -0.1) is 0 Å². The molecule has 174 valence electrons. The van der Waals surface area contributed by atoms with Crippen LogP contribution in [0, 0.1) is 0 Å². The number of hydrogen-bond donors (Lipinski definition) is 3. The second-order valence-corrected chi connectivity index (χ2v) is 12.4. The van der Waals surface area contributed by atoms with Crippen molar-refractivity contribution in [3.05, 3.63) is 0 Å². The lowest BCUT2D eigenvalue weighted by molar-refractivity contribution is 0.0650. The smallest absolute Gasteiger partial charge is 0.192 e. The molecule has 0 heterocycles. The average Bonchev–Trinajstić information content (AvgIpc) is 2.63. The molecule has 0 aromatic carbocycles. The van der Waals surface area contributed by atoms with Gasteiger partial charge in [0.2, 0.25) is 0 Å². The molecule has 0 spiro atoms. The Morgan fingerprint density at radius 2 is 0.964 bits per heavy atom. The standard InChI is InChI=1S/C11H26O2Si.C5H12O2.C4H10O3/c1-7-8-12-9-10-13-14(5,6)11(2,3)4;1-2-4-7-5-3-6;5-1-3-7-4-2-6/h7-10H2,1-6H3;6H,2-5H2,1H3;5-6H,1-4H2. The minimum absolute atomic E-state index is 0.0278. The lowest BCUT2D eigenvalue weighted by atomic mass is 10.2. The summed E-state index contributed by atoms with van der Waals surface area (Å²) < 4.78 is 20.9. The lowest BCUT2D eigenvalue weighted by Gasteiger charge is -2.36. The van der Waals surface area contributed by atoms with E-state index in [0.717, 1.165) is 39.3 Å². The molecule has 0 aromatic rings. The lowest BCUT2D eigenvalue weighted by Crippen LogP contribution is -2.41. The van der Waals surface area contributed by atoms with Gasteiger partial charge in [0.15, 0.2) is 8.32 Å². The molecular weight excluding hydrogens is 380 g/mol. The third-order valence-electron chi connectivity index (χ3n) is 3.90. The van der Waals surface area contributed by atoms with E-state index in [9.17, 15) is 0 Å². The molecule has 8 heteroatoms. The van der Waals surface area contributed by atoms with Crippen molar-refractivity contribution in [2.45, 2.75) is 65.6 Å². The minimum Gasteiger partial charge on any atom is -0.414 e. The van der Waals surface area contributed by atoms with Crippen LogP contribution in [0.1, 0.15) is 47.5 Å². The minimum atomic E-state index is -1.55. The second-order valence-electron chi connectivity index (χ2n) is 7.62. The Labute approximate surface area is 174 Å². The molecule has 0 aromatic heterocycles. The Morgan fingerprint density at radius 3 is 1.29 bits per heavy atom. The summed E-state index contributed by atoms with van der Waals surface area (Å²) in [6.45, 7) is 19.9. The highest BCUT2D eigenvalue weighted by atomic mass is 28.4. The van der Waals surface area contributed by atoms with E-state index in [1.54, 1.807) is 0 Å². The molecule has 0 aliphatic rings. The van der Waals surface area contributed by atoms with Crippen molar-refractivity contribution in [1.82, 2.24) is 0 Å². The van der Waals surface area contributed by atoms with Crippen LogP contribution in [0.5, 0.6) is 0 Å². The largest absolute Gasteiger partial charge is 0.414 e. The predicted octanol–water partition coefficient (Wildman–Crippen LogP) is 2.83. The Morgan fingerprint density at radius 1 is 0.607 bits per heavy atom. The van der Waals surface area contributed by atoms with Crippen LogP contribution in [0.15, 0.2) is 0 Å². The van der Waals surface area contributed by atoms with Crippen molar-refractivity contribution < 1.29 is 34.0 Å². The number of ether oxygens (including phenoxy) is 3. The number of rotatable bonds is 14. The summed E-state index contributed by atoms with van der Waals surface area (Å²) >= 11 is 0. The summed E-state index contributed by atoms with van der Waals surface area (Å²) in [4.78, 5) is 0. The highest BCUT2D eigenvalue weighted by molar-refractivity contribution is 6.74. The van der Waals surface area contributed by atoms with Gasteiger partial charge in [-0.25, -0.2) is 0 Å². The zero-order valence-corrected chi connectivity index (χ0v) is 20.5. The van der Waals surface area contributed by atoms with Gasteiger partial charge in [0.1, 0.15) is 0 Å². The van der Waals surface area contributed by atoms with Gasteiger partial charge in [0.25, 0.3) is 0 Å². The fourth-order valence-corrected chi connectivity index (χ4v) is 2.39. The number of aliphatic hydroxyl groups is 3. The van der Waals surface area contributed by atoms with Gasteiger partial charge in [-0.1, -0.05) is 34.6 Å². The Hall–Kier alpha value is -0.0631. The van der Waals surface area contributed by atoms with Gasteiger partial charge < -0.3 is 34.0 Å². The second kappa shape index (κ2) is 23.2. The van der Waals surface area contributed by atoms with Gasteiger partial charge in [-0.3, -0.25) is 0 Å². The first-order valence-electron chi connectivity index (χ1n) is 10.3. The third kappa shape index (κ3) is 25.9. The molecule has 0 radical (unpaired) electrons. The zero-order chi connectivity index (χ0) is 22.3. The highest BCUT2D eigenvalue weighted by Gasteiger charge is 2.36. The molecule has 0 rings (SSSR count). The molecular formula is C20H48O7Si. The van der Waals surface area contributed by atoms with Crippen LogP contribution < -0.4 is 0 Å². The van der Waals surface area contributed by atoms with E-state index in [1.807, 2.05) is 6.92 Å². The maximum absolute atomic E-state index is 8.17. The van der Waals surface area contributed by atoms with Gasteiger partial charge >= 0.3 is 0 Å². The van der Waals surface area contributed by atoms with Crippen LogP contribution in [0.3, 0.4) is 0 Å². The summed E-state index contributed by atoms with van der Waals surface area (Å²) in [5.41, 5.74) is 0. The van der Waals surface area contributed by atoms with E-state index >= 15 is 0 Å². The monoisotopic (exact) mass is 428 g/mol. The molecule has 7 nitrogen and oxygen atoms in total. The van der Waals surface area contributed by atoms with Crippen LogP contribution in [0.2, 0.25) is 18.1 Å². The summed E-state index contributed by atoms with van der Waals surface area (Å²) in [5.74, 6) is 0. The van der Waals surface area contributed by atoms with E-state index in [4.69, 9.17) is 29.2 Å². The number of hydrogen-bond acceptors (Lipinski definition) is 7. The van der Waals surface area contributed by atoms with Crippen molar-refractivity contribution in [3.8, 4) is 0 Å². The highest BCUT2D eigenvalue weighted by Crippen LogP contribution is 2.36. The molecule has 0 aliphatic carbocycles. The molecule has 0 aliphatic heterocycles. The fraction of sp³-hybridized carbons (Fsp3) is 1.00. The third-order valence-corrected chi connectivity index (χ3v) is 8.44. The van der Waals surface area contributed by atoms with Crippen molar-refractivity contribution in [2.75, 3.05) is 66.1 Å². The van der Waals surface area contributed by atoms with Gasteiger partial charge in [0, 0.05) is 13.2 Å². The molecule has 0 unspecified atom stereocenters. The van der Waals surface area contributed by atoms with Crippen molar-refractivity contribution in [3.63, 3.8) is 0 Å². The summed E-state index contributed by atoms with van der Waals surface area (Å²) in [5, 5.41) is 24.6. The zero-order valence-electron chi connectivity index (χ0n) is 19.5. The van der Waals surface area contributed by atoms with E-state index in [-0.39, 0.29) is 19.8 Å². The summed E-state index contributed by atoms with van der Waals surface area (Å²) in [7, 11) is -1.55. The molecule has 0 fully saturated rings. The van der Waals surface area contributed by atoms with Gasteiger partial charge in [-0.2, -0.15) is 0 Å². The Balaban J connectivity index is -0.000000375. The van der Waals surface area contributed by atoms with Crippen LogP contribution >= 0.6 is 0 Å². The molecule has 28 heavy (non-hydrogen) atoms. The van der Waals surface area contributed by atoms with Crippen LogP contribution in [0.4, 0.5) is 0 Å². The molecule has 3 N–H and O–H groups in total. The predicted molar refractivity (Wildman–Crippen MR) is 117 cm³/mol. The fourth-order valence-electron chi connectivity index (χ4n) is 1.36. The molecule has 0 amide bonds. The number of aliphatic hydroxyl groups excluding tert-OH is 3. The van der Waals surface area contributed by atoms with Crippen molar-refractivity contribution in [2.24, 2.45) is 0 Å². The van der Waals surface area contributed by atoms with Gasteiger partial charge in [0.05, 0.1) is 52.9 Å². The van der Waals surface area contributed by atoms with E-state index in [2.05, 4.69) is 45.5 Å².